The Labute approximate surface area is 410 Å². The monoisotopic (exact) mass is 941 g/mol. The Morgan fingerprint density at radius 3 is 1.85 bits per heavy atom. The molecule has 2 atom stereocenters. The highest BCUT2D eigenvalue weighted by atomic mass is 35.5. The smallest absolute Gasteiger partial charge is 0.305 e. The van der Waals surface area contributed by atoms with Crippen LogP contribution in [0.15, 0.2) is 188 Å². The van der Waals surface area contributed by atoms with Crippen molar-refractivity contribution >= 4 is 62.4 Å². The SMILES string of the molecule is CCl.COc1nc2ccc(CCCCOC(=O)CCCCC[P+](c3ccccc3)(c3ccccc3)c3ccccc3)cc2cc1[C@@H](c1ccccc1)C(CCN(C)C)c1cccc2ccccc12. The topological polar surface area (TPSA) is 51.7 Å². The van der Waals surface area contributed by atoms with Crippen LogP contribution in [0.2, 0.25) is 0 Å². The molecule has 1 unspecified atom stereocenters. The summed E-state index contributed by atoms with van der Waals surface area (Å²) in [5.74, 6) is 0.751. The van der Waals surface area contributed by atoms with Crippen molar-refractivity contribution in [1.29, 1.82) is 0 Å². The lowest BCUT2D eigenvalue weighted by atomic mass is 9.74. The van der Waals surface area contributed by atoms with Crippen LogP contribution in [-0.2, 0) is 16.0 Å². The molecule has 0 amide bonds. The van der Waals surface area contributed by atoms with Crippen molar-refractivity contribution in [2.24, 2.45) is 0 Å². The lowest BCUT2D eigenvalue weighted by molar-refractivity contribution is -0.143. The fourth-order valence-corrected chi connectivity index (χ4v) is 14.3. The zero-order valence-corrected chi connectivity index (χ0v) is 41.9. The van der Waals surface area contributed by atoms with Gasteiger partial charge >= 0.3 is 5.97 Å². The molecule has 7 heteroatoms. The van der Waals surface area contributed by atoms with Gasteiger partial charge in [0.2, 0.25) is 5.88 Å². The number of carbonyl (C=O) groups is 1. The average molecular weight is 943 g/mol. The Kier molecular flexibility index (Phi) is 18.8. The molecule has 0 radical (unpaired) electrons. The van der Waals surface area contributed by atoms with Crippen LogP contribution in [0.1, 0.15) is 79.0 Å². The van der Waals surface area contributed by atoms with E-state index in [-0.39, 0.29) is 17.8 Å². The van der Waals surface area contributed by atoms with Gasteiger partial charge < -0.3 is 14.4 Å². The van der Waals surface area contributed by atoms with E-state index in [4.69, 9.17) is 14.5 Å². The van der Waals surface area contributed by atoms with Crippen molar-refractivity contribution in [2.45, 2.75) is 63.2 Å². The number of aromatic nitrogens is 1. The molecule has 0 saturated heterocycles. The minimum absolute atomic E-state index is 0.00931. The van der Waals surface area contributed by atoms with Gasteiger partial charge in [-0.2, -0.15) is 0 Å². The van der Waals surface area contributed by atoms with Gasteiger partial charge in [0.25, 0.3) is 0 Å². The predicted molar refractivity (Wildman–Crippen MR) is 291 cm³/mol. The van der Waals surface area contributed by atoms with Crippen molar-refractivity contribution in [3.8, 4) is 5.88 Å². The van der Waals surface area contributed by atoms with Crippen LogP contribution in [0.5, 0.6) is 5.88 Å². The Morgan fingerprint density at radius 2 is 1.22 bits per heavy atom. The average Bonchev–Trinajstić information content (AvgIpc) is 3.39. The fraction of sp³-hybridized carbons (Fsp3) is 0.279. The molecule has 8 aromatic rings. The molecule has 0 aliphatic rings. The largest absolute Gasteiger partial charge is 0.481 e. The first-order valence-electron chi connectivity index (χ1n) is 24.2. The summed E-state index contributed by atoms with van der Waals surface area (Å²) >= 11 is 4.64. The number of aryl methyl sites for hydroxylation is 1. The first kappa shape index (κ1) is 50.0. The molecule has 8 rings (SSSR count). The number of nitrogens with zero attached hydrogens (tertiary/aromatic N) is 2. The first-order chi connectivity index (χ1) is 33.4. The zero-order chi connectivity index (χ0) is 47.6. The highest BCUT2D eigenvalue weighted by Crippen LogP contribution is 2.56. The van der Waals surface area contributed by atoms with Gasteiger partial charge in [0.1, 0.15) is 23.2 Å². The number of esters is 1. The molecule has 1 heterocycles. The number of benzene rings is 7. The third-order valence-electron chi connectivity index (χ3n) is 13.2. The number of unbranched alkanes of at least 4 members (excludes halogenated alkanes) is 3. The highest BCUT2D eigenvalue weighted by molar-refractivity contribution is 7.95. The first-order valence-corrected chi connectivity index (χ1v) is 26.9. The van der Waals surface area contributed by atoms with E-state index in [2.05, 4.69) is 219 Å². The van der Waals surface area contributed by atoms with Crippen LogP contribution >= 0.6 is 18.9 Å². The number of methoxy groups -OCH3 is 1. The minimum atomic E-state index is -1.86. The van der Waals surface area contributed by atoms with E-state index in [0.29, 0.717) is 18.9 Å². The third kappa shape index (κ3) is 12.4. The number of rotatable bonds is 22. The van der Waals surface area contributed by atoms with Gasteiger partial charge in [-0.1, -0.05) is 133 Å². The number of hydrogen-bond acceptors (Lipinski definition) is 5. The molecular formula is C61H67ClN2O3P+. The number of hydrogen-bond donors (Lipinski definition) is 0. The van der Waals surface area contributed by atoms with Gasteiger partial charge in [-0.3, -0.25) is 4.79 Å². The molecule has 0 N–H and O–H groups in total. The number of carbonyl (C=O) groups excluding carboxylic acids is 1. The van der Waals surface area contributed by atoms with E-state index in [1.54, 1.807) is 7.11 Å². The molecular weight excluding hydrogens is 875 g/mol. The molecule has 0 spiro atoms. The quantitative estimate of drug-likeness (QED) is 0.0293. The molecule has 7 aromatic carbocycles. The Morgan fingerprint density at radius 1 is 0.618 bits per heavy atom. The van der Waals surface area contributed by atoms with E-state index in [1.807, 2.05) is 0 Å². The molecule has 0 aliphatic carbocycles. The van der Waals surface area contributed by atoms with E-state index < -0.39 is 7.26 Å². The maximum atomic E-state index is 12.9. The molecule has 0 fully saturated rings. The molecule has 68 heavy (non-hydrogen) atoms. The van der Waals surface area contributed by atoms with Gasteiger partial charge in [0, 0.05) is 29.7 Å². The van der Waals surface area contributed by atoms with E-state index in [0.717, 1.165) is 74.1 Å². The van der Waals surface area contributed by atoms with Crippen molar-refractivity contribution in [3.63, 3.8) is 0 Å². The van der Waals surface area contributed by atoms with Crippen LogP contribution in [-0.4, -0.2) is 62.8 Å². The summed E-state index contributed by atoms with van der Waals surface area (Å²) in [6, 6.07) is 68.3. The van der Waals surface area contributed by atoms with Gasteiger partial charge in [-0.05, 0) is 154 Å². The normalized spacial score (nSPS) is 12.3. The second-order valence-electron chi connectivity index (χ2n) is 17.8. The maximum absolute atomic E-state index is 12.9. The Balaban J connectivity index is 0.00000338. The highest BCUT2D eigenvalue weighted by Gasteiger charge is 2.44. The molecule has 0 aliphatic heterocycles. The second kappa shape index (κ2) is 25.5. The number of pyridine rings is 1. The number of alkyl halides is 1. The maximum Gasteiger partial charge on any atom is 0.305 e. The van der Waals surface area contributed by atoms with Crippen LogP contribution in [0.3, 0.4) is 0 Å². The predicted octanol–water partition coefficient (Wildman–Crippen LogP) is 13.5. The standard InChI is InChI=1S/C60H64N2O3P.CH3Cl/c1-62(2)41-40-55(54-36-23-28-47-25-18-19-35-53(47)54)59(48-26-9-4-10-27-48)56-45-49-44-46(38-39-57(49)61-60(56)64-3)24-20-21-42-65-58(63)37-17-8-22-43-66(50-29-11-5-12-30-50,51-31-13-6-14-32-51)52-33-15-7-16-34-52;1-2/h4-7,9-16,18-19,23,25-36,38-39,44-45,55,59H,8,17,20-22,24,37,40-43H2,1-3H3;1H3/q+1;/t55?,59-;/m0./s1. The summed E-state index contributed by atoms with van der Waals surface area (Å²) in [5.41, 5.74) is 5.86. The lowest BCUT2D eigenvalue weighted by Crippen LogP contribution is -2.33. The molecule has 1 aromatic heterocycles. The second-order valence-corrected chi connectivity index (χ2v) is 21.4. The summed E-state index contributed by atoms with van der Waals surface area (Å²) < 4.78 is 11.9. The molecule has 0 saturated carbocycles. The number of ether oxygens (including phenoxy) is 2. The van der Waals surface area contributed by atoms with E-state index in [9.17, 15) is 4.79 Å². The number of fused-ring (bicyclic) bond motifs is 2. The lowest BCUT2D eigenvalue weighted by Gasteiger charge is -2.31. The fourth-order valence-electron chi connectivity index (χ4n) is 9.89. The van der Waals surface area contributed by atoms with Gasteiger partial charge in [-0.15, -0.1) is 11.6 Å². The van der Waals surface area contributed by atoms with Crippen LogP contribution in [0, 0.1) is 0 Å². The Bertz CT molecular complexity index is 2670. The van der Waals surface area contributed by atoms with Gasteiger partial charge in [0.15, 0.2) is 0 Å². The summed E-state index contributed by atoms with van der Waals surface area (Å²) in [4.78, 5) is 20.4. The summed E-state index contributed by atoms with van der Waals surface area (Å²) in [6.07, 6.45) is 9.47. The molecule has 0 bridgehead atoms. The van der Waals surface area contributed by atoms with Crippen LogP contribution < -0.4 is 20.7 Å². The van der Waals surface area contributed by atoms with Crippen molar-refractivity contribution in [2.75, 3.05) is 46.9 Å². The van der Waals surface area contributed by atoms with E-state index >= 15 is 0 Å². The van der Waals surface area contributed by atoms with Crippen molar-refractivity contribution < 1.29 is 14.3 Å². The third-order valence-corrected chi connectivity index (χ3v) is 17.7. The van der Waals surface area contributed by atoms with Crippen molar-refractivity contribution in [1.82, 2.24) is 9.88 Å². The Hall–Kier alpha value is -5.84. The molecule has 5 nitrogen and oxygen atoms in total. The van der Waals surface area contributed by atoms with Crippen LogP contribution in [0.4, 0.5) is 0 Å². The van der Waals surface area contributed by atoms with Gasteiger partial charge in [0.05, 0.1) is 25.4 Å². The number of halogens is 1. The van der Waals surface area contributed by atoms with E-state index in [1.165, 1.54) is 49.8 Å². The summed E-state index contributed by atoms with van der Waals surface area (Å²) in [6.45, 7) is 1.39. The zero-order valence-electron chi connectivity index (χ0n) is 40.3. The van der Waals surface area contributed by atoms with Crippen LogP contribution in [0.25, 0.3) is 21.7 Å². The van der Waals surface area contributed by atoms with Crippen molar-refractivity contribution in [3.05, 3.63) is 210 Å². The minimum Gasteiger partial charge on any atom is -0.481 e. The molecule has 350 valence electrons. The summed E-state index contributed by atoms with van der Waals surface area (Å²) in [7, 11) is 4.18. The summed E-state index contributed by atoms with van der Waals surface area (Å²) in [5, 5.41) is 7.86. The van der Waals surface area contributed by atoms with Gasteiger partial charge in [-0.25, -0.2) is 4.98 Å².